The van der Waals surface area contributed by atoms with Crippen molar-refractivity contribution >= 4 is 34.2 Å². The summed E-state index contributed by atoms with van der Waals surface area (Å²) in [5.41, 5.74) is 1.44. The lowest BCUT2D eigenvalue weighted by molar-refractivity contribution is 0.0143. The fourth-order valence-electron chi connectivity index (χ4n) is 5.29. The van der Waals surface area contributed by atoms with Gasteiger partial charge in [0.05, 0.1) is 30.6 Å². The van der Waals surface area contributed by atoms with Crippen molar-refractivity contribution in [3.05, 3.63) is 36.4 Å². The van der Waals surface area contributed by atoms with E-state index in [1.807, 2.05) is 30.2 Å². The Bertz CT molecular complexity index is 1570. The first-order chi connectivity index (χ1) is 20.2. The molecule has 1 amide bonds. The number of aromatic nitrogens is 6. The largest absolute Gasteiger partial charge is 0.444 e. The highest BCUT2D eigenvalue weighted by molar-refractivity contribution is 5.85. The van der Waals surface area contributed by atoms with Crippen molar-refractivity contribution < 1.29 is 23.0 Å². The number of hydrogen-bond donors (Lipinski definition) is 0. The summed E-state index contributed by atoms with van der Waals surface area (Å²) in [6, 6.07) is 7.02. The Morgan fingerprint density at radius 1 is 1.00 bits per heavy atom. The van der Waals surface area contributed by atoms with Gasteiger partial charge in [0, 0.05) is 52.4 Å². The summed E-state index contributed by atoms with van der Waals surface area (Å²) in [5, 5.41) is 0. The molecule has 2 aliphatic heterocycles. The van der Waals surface area contributed by atoms with Crippen molar-refractivity contribution in [3.63, 3.8) is 0 Å². The summed E-state index contributed by atoms with van der Waals surface area (Å²) >= 11 is 0. The summed E-state index contributed by atoms with van der Waals surface area (Å²) in [4.78, 5) is 36.9. The van der Waals surface area contributed by atoms with Crippen molar-refractivity contribution in [3.8, 4) is 5.82 Å². The van der Waals surface area contributed by atoms with E-state index in [2.05, 4.69) is 14.9 Å². The number of ether oxygens (including phenoxy) is 2. The molecular formula is C28H35F2N9O3. The Morgan fingerprint density at radius 3 is 2.45 bits per heavy atom. The van der Waals surface area contributed by atoms with E-state index in [0.29, 0.717) is 93.7 Å². The van der Waals surface area contributed by atoms with Crippen molar-refractivity contribution in [2.24, 2.45) is 0 Å². The van der Waals surface area contributed by atoms with E-state index in [1.165, 1.54) is 4.57 Å². The third kappa shape index (κ3) is 5.73. The van der Waals surface area contributed by atoms with Crippen molar-refractivity contribution in [2.75, 3.05) is 63.9 Å². The first-order valence-electron chi connectivity index (χ1n) is 14.2. The second-order valence-electron chi connectivity index (χ2n) is 11.5. The predicted molar refractivity (Wildman–Crippen MR) is 152 cm³/mol. The van der Waals surface area contributed by atoms with Crippen LogP contribution in [0.2, 0.25) is 0 Å². The van der Waals surface area contributed by atoms with Gasteiger partial charge in [-0.15, -0.1) is 0 Å². The first-order valence-corrected chi connectivity index (χ1v) is 14.2. The SMILES string of the molecule is CC(C)(C)OC(=O)N1CCN(CCn2cnc3c(-n4c(C(F)F)nc5ccccc54)nc(N4CCOCC4)nc32)CC1. The zero-order valence-corrected chi connectivity index (χ0v) is 24.0. The average molecular weight is 584 g/mol. The van der Waals surface area contributed by atoms with Crippen LogP contribution < -0.4 is 4.90 Å². The number of alkyl halides is 2. The van der Waals surface area contributed by atoms with Crippen molar-refractivity contribution in [2.45, 2.75) is 39.3 Å². The average Bonchev–Trinajstić information content (AvgIpc) is 3.57. The molecule has 5 heterocycles. The minimum absolute atomic E-state index is 0.273. The highest BCUT2D eigenvalue weighted by atomic mass is 19.3. The van der Waals surface area contributed by atoms with Gasteiger partial charge in [0.25, 0.3) is 6.43 Å². The molecule has 6 rings (SSSR count). The molecule has 4 aromatic rings. The molecule has 2 fully saturated rings. The van der Waals surface area contributed by atoms with Crippen LogP contribution in [0, 0.1) is 0 Å². The lowest BCUT2D eigenvalue weighted by Gasteiger charge is -2.35. The number of fused-ring (bicyclic) bond motifs is 2. The molecular weight excluding hydrogens is 548 g/mol. The number of benzene rings is 1. The van der Waals surface area contributed by atoms with E-state index in [9.17, 15) is 13.6 Å². The van der Waals surface area contributed by atoms with Gasteiger partial charge in [-0.05, 0) is 32.9 Å². The van der Waals surface area contributed by atoms with Gasteiger partial charge in [0.1, 0.15) is 5.60 Å². The van der Waals surface area contributed by atoms with Gasteiger partial charge in [-0.3, -0.25) is 9.47 Å². The van der Waals surface area contributed by atoms with Gasteiger partial charge in [-0.2, -0.15) is 9.97 Å². The van der Waals surface area contributed by atoms with E-state index < -0.39 is 12.0 Å². The number of rotatable bonds is 6. The Kier molecular flexibility index (Phi) is 7.66. The number of nitrogens with zero attached hydrogens (tertiary/aromatic N) is 9. The van der Waals surface area contributed by atoms with E-state index >= 15 is 0 Å². The maximum Gasteiger partial charge on any atom is 0.410 e. The van der Waals surface area contributed by atoms with Crippen LogP contribution in [0.25, 0.3) is 28.0 Å². The van der Waals surface area contributed by atoms with E-state index in [0.717, 1.165) is 0 Å². The van der Waals surface area contributed by atoms with E-state index in [1.54, 1.807) is 35.5 Å². The summed E-state index contributed by atoms with van der Waals surface area (Å²) in [5.74, 6) is 0.322. The molecule has 0 N–H and O–H groups in total. The van der Waals surface area contributed by atoms with Crippen LogP contribution in [0.1, 0.15) is 33.0 Å². The number of piperazine rings is 1. The topological polar surface area (TPSA) is 107 Å². The fourth-order valence-corrected chi connectivity index (χ4v) is 5.29. The van der Waals surface area contributed by atoms with Gasteiger partial charge in [-0.1, -0.05) is 12.1 Å². The Morgan fingerprint density at radius 2 is 1.74 bits per heavy atom. The smallest absolute Gasteiger partial charge is 0.410 e. The molecule has 2 aliphatic rings. The minimum Gasteiger partial charge on any atom is -0.444 e. The zero-order chi connectivity index (χ0) is 29.4. The molecule has 3 aromatic heterocycles. The summed E-state index contributed by atoms with van der Waals surface area (Å²) < 4.78 is 42.9. The third-order valence-electron chi connectivity index (χ3n) is 7.40. The molecule has 0 radical (unpaired) electrons. The number of carbonyl (C=O) groups excluding carboxylic acids is 1. The van der Waals surface area contributed by atoms with Gasteiger partial charge in [-0.25, -0.2) is 23.5 Å². The quantitative estimate of drug-likeness (QED) is 0.337. The molecule has 12 nitrogen and oxygen atoms in total. The maximum atomic E-state index is 14.3. The number of amides is 1. The Hall–Kier alpha value is -3.91. The first kappa shape index (κ1) is 28.2. The highest BCUT2D eigenvalue weighted by Gasteiger charge is 2.28. The van der Waals surface area contributed by atoms with Crippen LogP contribution in [0.15, 0.2) is 30.6 Å². The number of carbonyl (C=O) groups is 1. The van der Waals surface area contributed by atoms with Crippen LogP contribution in [0.3, 0.4) is 0 Å². The van der Waals surface area contributed by atoms with Crippen LogP contribution in [-0.4, -0.2) is 110 Å². The van der Waals surface area contributed by atoms with E-state index in [4.69, 9.17) is 19.4 Å². The number of imidazole rings is 2. The zero-order valence-electron chi connectivity index (χ0n) is 24.0. The predicted octanol–water partition coefficient (Wildman–Crippen LogP) is 3.49. The van der Waals surface area contributed by atoms with Crippen LogP contribution in [0.5, 0.6) is 0 Å². The summed E-state index contributed by atoms with van der Waals surface area (Å²) in [6.07, 6.45) is -1.42. The molecule has 224 valence electrons. The number of para-hydroxylation sites is 2. The highest BCUT2D eigenvalue weighted by Crippen LogP contribution is 2.31. The number of hydrogen-bond acceptors (Lipinski definition) is 9. The molecule has 0 bridgehead atoms. The van der Waals surface area contributed by atoms with Crippen LogP contribution in [-0.2, 0) is 16.0 Å². The molecule has 0 spiro atoms. The number of morpholine rings is 1. The van der Waals surface area contributed by atoms with Gasteiger partial charge < -0.3 is 23.8 Å². The lowest BCUT2D eigenvalue weighted by atomic mass is 10.2. The molecule has 14 heteroatoms. The monoisotopic (exact) mass is 583 g/mol. The van der Waals surface area contributed by atoms with Crippen molar-refractivity contribution in [1.29, 1.82) is 0 Å². The number of anilines is 1. The molecule has 1 aromatic carbocycles. The van der Waals surface area contributed by atoms with E-state index in [-0.39, 0.29) is 17.7 Å². The molecule has 42 heavy (non-hydrogen) atoms. The second-order valence-corrected chi connectivity index (χ2v) is 11.5. The molecule has 2 saturated heterocycles. The molecule has 0 unspecified atom stereocenters. The van der Waals surface area contributed by atoms with Crippen LogP contribution in [0.4, 0.5) is 19.5 Å². The van der Waals surface area contributed by atoms with Crippen LogP contribution >= 0.6 is 0 Å². The molecule has 0 aliphatic carbocycles. The Balaban J connectivity index is 1.30. The lowest BCUT2D eigenvalue weighted by Crippen LogP contribution is -2.50. The maximum absolute atomic E-state index is 14.3. The van der Waals surface area contributed by atoms with Gasteiger partial charge in [0.15, 0.2) is 22.8 Å². The molecule has 0 saturated carbocycles. The standard InChI is InChI=1S/C28H35F2N9O3/c1-28(2,3)42-27(40)37-11-8-35(9-12-37)10-13-38-18-31-21-23(38)33-26(36-14-16-41-17-15-36)34-24(21)39-20-7-5-4-6-19(20)32-25(39)22(29)30/h4-7,18,22H,8-17H2,1-3H3. The number of halogens is 2. The van der Waals surface area contributed by atoms with Gasteiger partial charge in [0.2, 0.25) is 5.95 Å². The second kappa shape index (κ2) is 11.4. The molecule has 0 atom stereocenters. The third-order valence-corrected chi connectivity index (χ3v) is 7.40. The normalized spacial score (nSPS) is 17.1. The minimum atomic E-state index is -2.81. The summed E-state index contributed by atoms with van der Waals surface area (Å²) in [6.45, 7) is 11.7. The van der Waals surface area contributed by atoms with Gasteiger partial charge >= 0.3 is 6.09 Å². The fraction of sp³-hybridized carbons (Fsp3) is 0.536. The Labute approximate surface area is 241 Å². The van der Waals surface area contributed by atoms with Crippen molar-refractivity contribution in [1.82, 2.24) is 38.9 Å². The summed E-state index contributed by atoms with van der Waals surface area (Å²) in [7, 11) is 0.